The first-order valence-corrected chi connectivity index (χ1v) is 8.01. The highest BCUT2D eigenvalue weighted by Gasteiger charge is 2.14. The van der Waals surface area contributed by atoms with E-state index in [1.807, 2.05) is 13.8 Å². The number of amides is 1. The second kappa shape index (κ2) is 7.13. The fourth-order valence-electron chi connectivity index (χ4n) is 2.50. The molecule has 1 aromatic heterocycles. The van der Waals surface area contributed by atoms with Crippen molar-refractivity contribution in [2.45, 2.75) is 20.0 Å². The van der Waals surface area contributed by atoms with E-state index in [0.717, 1.165) is 23.5 Å². The maximum absolute atomic E-state index is 13.2. The number of nitrogens with zero attached hydrogens (tertiary/aromatic N) is 2. The van der Waals surface area contributed by atoms with Crippen molar-refractivity contribution < 1.29 is 18.7 Å². The van der Waals surface area contributed by atoms with Crippen LogP contribution in [0.2, 0.25) is 0 Å². The van der Waals surface area contributed by atoms with E-state index < -0.39 is 23.6 Å². The summed E-state index contributed by atoms with van der Waals surface area (Å²) < 4.78 is 26.2. The summed E-state index contributed by atoms with van der Waals surface area (Å²) in [7, 11) is 0. The monoisotopic (exact) mass is 357 g/mol. The minimum atomic E-state index is -1.15. The first-order chi connectivity index (χ1) is 12.3. The zero-order chi connectivity index (χ0) is 18.8. The summed E-state index contributed by atoms with van der Waals surface area (Å²) in [6.45, 7) is 3.56. The van der Waals surface area contributed by atoms with Gasteiger partial charge < -0.3 is 10.4 Å². The molecule has 0 unspecified atom stereocenters. The van der Waals surface area contributed by atoms with Gasteiger partial charge in [0.15, 0.2) is 11.6 Å². The van der Waals surface area contributed by atoms with E-state index >= 15 is 0 Å². The van der Waals surface area contributed by atoms with Crippen LogP contribution >= 0.6 is 0 Å². The van der Waals surface area contributed by atoms with Crippen molar-refractivity contribution >= 4 is 16.9 Å². The highest BCUT2D eigenvalue weighted by atomic mass is 19.2. The van der Waals surface area contributed by atoms with Crippen LogP contribution in [0.15, 0.2) is 36.4 Å². The molecule has 0 saturated carbocycles. The number of benzene rings is 2. The van der Waals surface area contributed by atoms with Crippen molar-refractivity contribution in [1.82, 2.24) is 15.3 Å². The van der Waals surface area contributed by atoms with Crippen LogP contribution in [0, 0.1) is 25.5 Å². The molecule has 3 rings (SSSR count). The third kappa shape index (κ3) is 3.67. The Morgan fingerprint density at radius 3 is 2.42 bits per heavy atom. The van der Waals surface area contributed by atoms with Crippen LogP contribution in [0.5, 0.6) is 0 Å². The Kier molecular flexibility index (Phi) is 4.90. The molecule has 1 heterocycles. The molecule has 0 aliphatic carbocycles. The molecule has 0 bridgehead atoms. The molecular weight excluding hydrogens is 340 g/mol. The quantitative estimate of drug-likeness (QED) is 0.753. The van der Waals surface area contributed by atoms with Crippen molar-refractivity contribution in [2.24, 2.45) is 0 Å². The van der Waals surface area contributed by atoms with Crippen molar-refractivity contribution in [1.29, 1.82) is 0 Å². The molecule has 0 radical (unpaired) electrons. The number of rotatable bonds is 4. The number of hydrogen-bond donors (Lipinski definition) is 2. The summed E-state index contributed by atoms with van der Waals surface area (Å²) in [5, 5.41) is 12.6. The lowest BCUT2D eigenvalue weighted by molar-refractivity contribution is 0.0916. The van der Waals surface area contributed by atoms with Crippen LogP contribution in [0.25, 0.3) is 11.0 Å². The molecular formula is C19H17F2N3O2. The highest BCUT2D eigenvalue weighted by Crippen LogP contribution is 2.17. The number of nitrogens with one attached hydrogen (secondary N) is 1. The van der Waals surface area contributed by atoms with Gasteiger partial charge in [-0.25, -0.2) is 18.7 Å². The molecule has 2 aromatic carbocycles. The van der Waals surface area contributed by atoms with E-state index in [4.69, 9.17) is 0 Å². The van der Waals surface area contributed by atoms with Gasteiger partial charge in [-0.15, -0.1) is 0 Å². The zero-order valence-corrected chi connectivity index (χ0v) is 14.3. The van der Waals surface area contributed by atoms with E-state index in [9.17, 15) is 18.7 Å². The molecule has 0 spiro atoms. The second-order valence-electron chi connectivity index (χ2n) is 6.00. The van der Waals surface area contributed by atoms with Crippen LogP contribution in [-0.2, 0) is 0 Å². The maximum atomic E-state index is 13.2. The highest BCUT2D eigenvalue weighted by molar-refractivity contribution is 5.97. The summed E-state index contributed by atoms with van der Waals surface area (Å²) >= 11 is 0. The van der Waals surface area contributed by atoms with E-state index in [0.29, 0.717) is 16.6 Å². The molecule has 7 heteroatoms. The van der Waals surface area contributed by atoms with Crippen molar-refractivity contribution in [3.8, 4) is 0 Å². The predicted octanol–water partition coefficient (Wildman–Crippen LogP) is 2.99. The Labute approximate surface area is 148 Å². The largest absolute Gasteiger partial charge is 0.387 e. The standard InChI is InChI=1S/C19H17F2N3O2/c1-10-11(2)24-17-8-13(4-6-16(17)23-10)19(26)22-9-18(25)12-3-5-14(20)15(21)7-12/h3-8,18,25H,9H2,1-2H3,(H,22,26)/t18-/m0/s1. The fourth-order valence-corrected chi connectivity index (χ4v) is 2.50. The Morgan fingerprint density at radius 1 is 1.04 bits per heavy atom. The van der Waals surface area contributed by atoms with Crippen molar-refractivity contribution in [3.05, 3.63) is 70.5 Å². The van der Waals surface area contributed by atoms with Gasteiger partial charge in [0.1, 0.15) is 0 Å². The molecule has 0 saturated heterocycles. The minimum absolute atomic E-state index is 0.138. The van der Waals surface area contributed by atoms with Gasteiger partial charge >= 0.3 is 0 Å². The van der Waals surface area contributed by atoms with Crippen LogP contribution in [0.1, 0.15) is 33.4 Å². The van der Waals surface area contributed by atoms with Gasteiger partial charge in [0.25, 0.3) is 5.91 Å². The summed E-state index contributed by atoms with van der Waals surface area (Å²) in [4.78, 5) is 21.1. The lowest BCUT2D eigenvalue weighted by Crippen LogP contribution is -2.28. The van der Waals surface area contributed by atoms with Gasteiger partial charge in [0.2, 0.25) is 0 Å². The Morgan fingerprint density at radius 2 is 1.73 bits per heavy atom. The lowest BCUT2D eigenvalue weighted by Gasteiger charge is -2.13. The Hall–Kier alpha value is -2.93. The van der Waals surface area contributed by atoms with Crippen molar-refractivity contribution in [3.63, 3.8) is 0 Å². The average molecular weight is 357 g/mol. The van der Waals surface area contributed by atoms with Crippen LogP contribution in [0.3, 0.4) is 0 Å². The van der Waals surface area contributed by atoms with Gasteiger partial charge in [-0.05, 0) is 49.7 Å². The number of carbonyl (C=O) groups excluding carboxylic acids is 1. The first kappa shape index (κ1) is 17.9. The number of aliphatic hydroxyl groups is 1. The van der Waals surface area contributed by atoms with Crippen molar-refractivity contribution in [2.75, 3.05) is 6.54 Å². The molecule has 134 valence electrons. The zero-order valence-electron chi connectivity index (χ0n) is 14.3. The van der Waals surface area contributed by atoms with E-state index in [1.54, 1.807) is 18.2 Å². The topological polar surface area (TPSA) is 75.1 Å². The van der Waals surface area contributed by atoms with Crippen LogP contribution in [-0.4, -0.2) is 27.5 Å². The third-order valence-electron chi connectivity index (χ3n) is 4.12. The minimum Gasteiger partial charge on any atom is -0.387 e. The molecule has 2 N–H and O–H groups in total. The Balaban J connectivity index is 1.72. The van der Waals surface area contributed by atoms with Crippen LogP contribution in [0.4, 0.5) is 8.78 Å². The fraction of sp³-hybridized carbons (Fsp3) is 0.211. The maximum Gasteiger partial charge on any atom is 0.251 e. The predicted molar refractivity (Wildman–Crippen MR) is 92.7 cm³/mol. The molecule has 26 heavy (non-hydrogen) atoms. The van der Waals surface area contributed by atoms with Gasteiger partial charge in [-0.1, -0.05) is 6.07 Å². The normalized spacial score (nSPS) is 12.2. The molecule has 0 aliphatic rings. The number of aliphatic hydroxyl groups excluding tert-OH is 1. The van der Waals surface area contributed by atoms with E-state index in [2.05, 4.69) is 15.3 Å². The first-order valence-electron chi connectivity index (χ1n) is 8.01. The summed E-state index contributed by atoms with van der Waals surface area (Å²) in [5.41, 5.74) is 3.44. The Bertz CT molecular complexity index is 992. The average Bonchev–Trinajstić information content (AvgIpc) is 2.62. The number of aromatic nitrogens is 2. The summed E-state index contributed by atoms with van der Waals surface area (Å²) in [6.07, 6.45) is -1.15. The van der Waals surface area contributed by atoms with Gasteiger partial charge in [-0.2, -0.15) is 0 Å². The number of halogens is 2. The molecule has 3 aromatic rings. The smallest absolute Gasteiger partial charge is 0.251 e. The molecule has 5 nitrogen and oxygen atoms in total. The van der Waals surface area contributed by atoms with E-state index in [-0.39, 0.29) is 12.1 Å². The second-order valence-corrected chi connectivity index (χ2v) is 6.00. The van der Waals surface area contributed by atoms with E-state index in [1.165, 1.54) is 6.07 Å². The van der Waals surface area contributed by atoms with Gasteiger partial charge in [0.05, 0.1) is 28.5 Å². The number of fused-ring (bicyclic) bond motifs is 1. The summed E-state index contributed by atoms with van der Waals surface area (Å²) in [6, 6.07) is 8.05. The molecule has 1 atom stereocenters. The number of aryl methyl sites for hydroxylation is 2. The van der Waals surface area contributed by atoms with Gasteiger partial charge in [0, 0.05) is 12.1 Å². The lowest BCUT2D eigenvalue weighted by atomic mass is 10.1. The molecule has 0 fully saturated rings. The van der Waals surface area contributed by atoms with Gasteiger partial charge in [-0.3, -0.25) is 4.79 Å². The molecule has 1 amide bonds. The number of hydrogen-bond acceptors (Lipinski definition) is 4. The number of carbonyl (C=O) groups is 1. The third-order valence-corrected chi connectivity index (χ3v) is 4.12. The van der Waals surface area contributed by atoms with Crippen LogP contribution < -0.4 is 5.32 Å². The summed E-state index contributed by atoms with van der Waals surface area (Å²) in [5.74, 6) is -2.45. The SMILES string of the molecule is Cc1nc2ccc(C(=O)NC[C@H](O)c3ccc(F)c(F)c3)cc2nc1C. The molecule has 0 aliphatic heterocycles.